The summed E-state index contributed by atoms with van der Waals surface area (Å²) in [5.41, 5.74) is -0.715. The zero-order valence-electron chi connectivity index (χ0n) is 14.1. The Labute approximate surface area is 140 Å². The first-order chi connectivity index (χ1) is 11.5. The molecule has 1 saturated heterocycles. The molecule has 4 aliphatic rings. The van der Waals surface area contributed by atoms with Crippen LogP contribution in [0.15, 0.2) is 0 Å². The maximum Gasteiger partial charge on any atom is 0.272 e. The minimum absolute atomic E-state index is 0.0110. The van der Waals surface area contributed by atoms with Gasteiger partial charge in [-0.2, -0.15) is 5.21 Å². The van der Waals surface area contributed by atoms with E-state index in [1.807, 2.05) is 11.9 Å². The Balaban J connectivity index is 1.38. The van der Waals surface area contributed by atoms with Gasteiger partial charge in [0.1, 0.15) is 0 Å². The van der Waals surface area contributed by atoms with Gasteiger partial charge in [0.15, 0.2) is 0 Å². The number of carbonyl (C=O) groups is 2. The fourth-order valence-corrected chi connectivity index (χ4v) is 4.72. The van der Waals surface area contributed by atoms with Crippen LogP contribution in [-0.4, -0.2) is 70.6 Å². The summed E-state index contributed by atoms with van der Waals surface area (Å²) in [4.78, 5) is 28.9. The lowest BCUT2D eigenvalue weighted by Gasteiger charge is -2.69. The van der Waals surface area contributed by atoms with Crippen molar-refractivity contribution in [3.05, 3.63) is 0 Å². The molecule has 0 aromatic carbocycles. The fourth-order valence-electron chi connectivity index (χ4n) is 4.72. The lowest BCUT2D eigenvalue weighted by Crippen LogP contribution is -2.73. The van der Waals surface area contributed by atoms with E-state index in [1.165, 1.54) is 4.90 Å². The van der Waals surface area contributed by atoms with Crippen LogP contribution in [0.4, 0.5) is 5.95 Å². The summed E-state index contributed by atoms with van der Waals surface area (Å²) in [6.45, 7) is 1.93. The Hall–Kier alpha value is -2.03. The third-order valence-corrected chi connectivity index (χ3v) is 6.05. The molecule has 2 heterocycles. The molecule has 9 heteroatoms. The van der Waals surface area contributed by atoms with Crippen LogP contribution in [0.25, 0.3) is 0 Å². The van der Waals surface area contributed by atoms with E-state index >= 15 is 0 Å². The number of amides is 2. The second-order valence-electron chi connectivity index (χ2n) is 7.56. The number of H-pyrrole nitrogens is 1. The van der Waals surface area contributed by atoms with Crippen molar-refractivity contribution in [2.24, 2.45) is 10.8 Å². The molecule has 0 spiro atoms. The van der Waals surface area contributed by atoms with Crippen LogP contribution in [0.2, 0.25) is 0 Å². The molecule has 130 valence electrons. The van der Waals surface area contributed by atoms with Crippen molar-refractivity contribution in [3.63, 3.8) is 0 Å². The number of nitrogens with one attached hydrogen (secondary N) is 2. The Kier molecular flexibility index (Phi) is 3.38. The number of hydrogen-bond donors (Lipinski definition) is 2. The highest BCUT2D eigenvalue weighted by Gasteiger charge is 2.75. The van der Waals surface area contributed by atoms with E-state index in [1.54, 1.807) is 7.05 Å². The largest absolute Gasteiger partial charge is 0.342 e. The van der Waals surface area contributed by atoms with Crippen molar-refractivity contribution < 1.29 is 9.59 Å². The number of anilines is 1. The quantitative estimate of drug-likeness (QED) is 0.772. The molecule has 9 nitrogen and oxygen atoms in total. The van der Waals surface area contributed by atoms with Gasteiger partial charge in [0.2, 0.25) is 11.8 Å². The average Bonchev–Trinajstić information content (AvgIpc) is 3.05. The van der Waals surface area contributed by atoms with E-state index in [0.717, 1.165) is 25.9 Å². The summed E-state index contributed by atoms with van der Waals surface area (Å²) in [5, 5.41) is 16.9. The minimum Gasteiger partial charge on any atom is -0.342 e. The van der Waals surface area contributed by atoms with E-state index in [-0.39, 0.29) is 23.2 Å². The lowest BCUT2D eigenvalue weighted by molar-refractivity contribution is -0.214. The first kappa shape index (κ1) is 15.5. The van der Waals surface area contributed by atoms with Gasteiger partial charge in [0.05, 0.1) is 10.8 Å². The summed E-state index contributed by atoms with van der Waals surface area (Å²) in [6, 6.07) is 0.321. The normalized spacial score (nSPS) is 31.8. The van der Waals surface area contributed by atoms with Crippen LogP contribution in [0, 0.1) is 10.8 Å². The topological polar surface area (TPSA) is 107 Å². The van der Waals surface area contributed by atoms with Crippen LogP contribution >= 0.6 is 0 Å². The number of hydrogen-bond acceptors (Lipinski definition) is 6. The highest BCUT2D eigenvalue weighted by Crippen LogP contribution is 2.74. The molecule has 4 fully saturated rings. The van der Waals surface area contributed by atoms with Crippen molar-refractivity contribution in [3.8, 4) is 0 Å². The lowest BCUT2D eigenvalue weighted by atomic mass is 9.34. The molecule has 24 heavy (non-hydrogen) atoms. The van der Waals surface area contributed by atoms with Gasteiger partial charge >= 0.3 is 0 Å². The second kappa shape index (κ2) is 5.23. The number of aromatic nitrogens is 4. The molecule has 2 N–H and O–H groups in total. The Bertz CT molecular complexity index is 633. The molecule has 0 unspecified atom stereocenters. The van der Waals surface area contributed by atoms with Crippen LogP contribution in [0.5, 0.6) is 0 Å². The van der Waals surface area contributed by atoms with Crippen molar-refractivity contribution in [1.82, 2.24) is 30.8 Å². The van der Waals surface area contributed by atoms with Crippen molar-refractivity contribution in [1.29, 1.82) is 0 Å². The molecule has 5 rings (SSSR count). The number of carbonyl (C=O) groups excluding carboxylic acids is 2. The summed E-state index contributed by atoms with van der Waals surface area (Å²) in [5.74, 6) is 0.478. The Morgan fingerprint density at radius 3 is 2.29 bits per heavy atom. The molecule has 1 aliphatic heterocycles. The first-order valence-electron chi connectivity index (χ1n) is 8.47. The molecular weight excluding hydrogens is 310 g/mol. The van der Waals surface area contributed by atoms with Gasteiger partial charge in [0.25, 0.3) is 5.95 Å². The summed E-state index contributed by atoms with van der Waals surface area (Å²) in [6.07, 6.45) is 3.95. The van der Waals surface area contributed by atoms with E-state index in [9.17, 15) is 9.59 Å². The summed E-state index contributed by atoms with van der Waals surface area (Å²) in [7, 11) is 3.57. The number of aromatic amines is 1. The number of tetrazole rings is 1. The molecule has 1 aromatic heterocycles. The molecule has 3 saturated carbocycles. The smallest absolute Gasteiger partial charge is 0.272 e. The Morgan fingerprint density at radius 2 is 1.71 bits per heavy atom. The van der Waals surface area contributed by atoms with E-state index in [2.05, 4.69) is 25.9 Å². The highest BCUT2D eigenvalue weighted by molar-refractivity contribution is 6.02. The van der Waals surface area contributed by atoms with Gasteiger partial charge < -0.3 is 10.2 Å². The van der Waals surface area contributed by atoms with Crippen molar-refractivity contribution in [2.75, 3.05) is 32.1 Å². The molecule has 0 atom stereocenters. The van der Waals surface area contributed by atoms with Crippen LogP contribution in [-0.2, 0) is 9.59 Å². The van der Waals surface area contributed by atoms with Crippen LogP contribution in [0.3, 0.4) is 0 Å². The van der Waals surface area contributed by atoms with Gasteiger partial charge in [-0.25, -0.2) is 0 Å². The fraction of sp³-hybridized carbons (Fsp3) is 0.800. The van der Waals surface area contributed by atoms with Gasteiger partial charge in [-0.3, -0.25) is 14.5 Å². The molecule has 2 amide bonds. The minimum atomic E-state index is -0.403. The van der Waals surface area contributed by atoms with Crippen LogP contribution in [0.1, 0.15) is 32.1 Å². The third kappa shape index (κ3) is 2.07. The monoisotopic (exact) mass is 333 g/mol. The zero-order valence-corrected chi connectivity index (χ0v) is 14.1. The molecule has 2 bridgehead atoms. The van der Waals surface area contributed by atoms with Gasteiger partial charge in [-0.1, -0.05) is 5.10 Å². The van der Waals surface area contributed by atoms with Crippen molar-refractivity contribution in [2.45, 2.75) is 38.1 Å². The summed E-state index contributed by atoms with van der Waals surface area (Å²) < 4.78 is 0. The molecule has 3 aliphatic carbocycles. The maximum atomic E-state index is 12.9. The predicted octanol–water partition coefficient (Wildman–Crippen LogP) is -0.457. The van der Waals surface area contributed by atoms with Gasteiger partial charge in [-0.15, -0.1) is 5.10 Å². The molecule has 1 aromatic rings. The molecular formula is C15H23N7O2. The average molecular weight is 333 g/mol. The highest BCUT2D eigenvalue weighted by atomic mass is 16.2. The van der Waals surface area contributed by atoms with Crippen LogP contribution < -0.4 is 10.2 Å². The molecule has 0 radical (unpaired) electrons. The van der Waals surface area contributed by atoms with E-state index in [0.29, 0.717) is 25.3 Å². The standard InChI is InChI=1S/C15H23N7O2/c1-21(10-3-5-16-6-4-10)11(23)14-7-15(8-14,9-14)12(24)22(2)13-17-19-20-18-13/h10,16H,3-9H2,1-2H3,(H,17,18,19,20). The summed E-state index contributed by atoms with van der Waals surface area (Å²) >= 11 is 0. The van der Waals surface area contributed by atoms with E-state index in [4.69, 9.17) is 0 Å². The third-order valence-electron chi connectivity index (χ3n) is 6.05. The predicted molar refractivity (Wildman–Crippen MR) is 85.0 cm³/mol. The van der Waals surface area contributed by atoms with Gasteiger partial charge in [-0.05, 0) is 50.4 Å². The SMILES string of the molecule is CN(C(=O)C12CC(C(=O)N(C)C3CCNCC3)(C1)C2)c1nn[nH]n1. The van der Waals surface area contributed by atoms with Crippen molar-refractivity contribution >= 4 is 17.8 Å². The Morgan fingerprint density at radius 1 is 1.08 bits per heavy atom. The number of piperidine rings is 1. The first-order valence-corrected chi connectivity index (χ1v) is 8.47. The zero-order chi connectivity index (χ0) is 16.9. The second-order valence-corrected chi connectivity index (χ2v) is 7.56. The number of rotatable bonds is 4. The number of nitrogens with zero attached hydrogens (tertiary/aromatic N) is 5. The van der Waals surface area contributed by atoms with Gasteiger partial charge in [0, 0.05) is 20.1 Å². The van der Waals surface area contributed by atoms with E-state index < -0.39 is 5.41 Å². The maximum absolute atomic E-state index is 12.9.